The van der Waals surface area contributed by atoms with Crippen molar-refractivity contribution in [2.75, 3.05) is 11.6 Å². The van der Waals surface area contributed by atoms with Crippen molar-refractivity contribution in [1.29, 1.82) is 0 Å². The van der Waals surface area contributed by atoms with E-state index in [1.807, 2.05) is 67.1 Å². The normalized spacial score (nSPS) is 11.0. The third-order valence-corrected chi connectivity index (χ3v) is 6.20. The average Bonchev–Trinajstić information content (AvgIpc) is 3.16. The summed E-state index contributed by atoms with van der Waals surface area (Å²) in [7, 11) is 0. The van der Waals surface area contributed by atoms with Crippen LogP contribution < -0.4 is 10.9 Å². The number of nitrogens with one attached hydrogen (secondary N) is 1. The van der Waals surface area contributed by atoms with Gasteiger partial charge in [-0.2, -0.15) is 0 Å². The first kappa shape index (κ1) is 19.4. The van der Waals surface area contributed by atoms with Gasteiger partial charge in [-0.3, -0.25) is 14.2 Å². The molecule has 0 bridgehead atoms. The van der Waals surface area contributed by atoms with Crippen LogP contribution in [0, 0.1) is 6.92 Å². The SMILES string of the molecule is CSc1cccc(NC(=O)Cn2cnc3scc(-c4ccc(C)cc4)c3c2=O)c1. The van der Waals surface area contributed by atoms with Crippen molar-refractivity contribution in [1.82, 2.24) is 9.55 Å². The highest BCUT2D eigenvalue weighted by Gasteiger charge is 2.15. The van der Waals surface area contributed by atoms with Crippen LogP contribution in [-0.4, -0.2) is 21.7 Å². The molecule has 4 rings (SSSR count). The lowest BCUT2D eigenvalue weighted by Crippen LogP contribution is -2.27. The summed E-state index contributed by atoms with van der Waals surface area (Å²) in [5.41, 5.74) is 3.48. The minimum absolute atomic E-state index is 0.0888. The molecule has 7 heteroatoms. The fraction of sp³-hybridized carbons (Fsp3) is 0.136. The van der Waals surface area contributed by atoms with Crippen molar-refractivity contribution >= 4 is 44.9 Å². The largest absolute Gasteiger partial charge is 0.324 e. The molecule has 1 N–H and O–H groups in total. The first-order valence-corrected chi connectivity index (χ1v) is 11.1. The molecule has 0 fully saturated rings. The number of thioether (sulfide) groups is 1. The molecule has 0 saturated carbocycles. The van der Waals surface area contributed by atoms with Crippen molar-refractivity contribution in [3.05, 3.63) is 76.2 Å². The highest BCUT2D eigenvalue weighted by atomic mass is 32.2. The predicted molar refractivity (Wildman–Crippen MR) is 121 cm³/mol. The highest BCUT2D eigenvalue weighted by molar-refractivity contribution is 7.98. The Morgan fingerprint density at radius 1 is 1.21 bits per heavy atom. The molecule has 0 aliphatic rings. The van der Waals surface area contributed by atoms with Gasteiger partial charge in [-0.1, -0.05) is 35.9 Å². The maximum atomic E-state index is 13.1. The van der Waals surface area contributed by atoms with Crippen LogP contribution in [0.2, 0.25) is 0 Å². The maximum absolute atomic E-state index is 13.1. The summed E-state index contributed by atoms with van der Waals surface area (Å²) in [5.74, 6) is -0.265. The van der Waals surface area contributed by atoms with Crippen molar-refractivity contribution in [3.8, 4) is 11.1 Å². The summed E-state index contributed by atoms with van der Waals surface area (Å²) in [6.07, 6.45) is 3.42. The van der Waals surface area contributed by atoms with Crippen LogP contribution in [0.5, 0.6) is 0 Å². The number of fused-ring (bicyclic) bond motifs is 1. The van der Waals surface area contributed by atoms with Gasteiger partial charge in [-0.15, -0.1) is 23.1 Å². The second kappa shape index (κ2) is 8.23. The Bertz CT molecular complexity index is 1240. The van der Waals surface area contributed by atoms with Crippen molar-refractivity contribution in [2.24, 2.45) is 0 Å². The summed E-state index contributed by atoms with van der Waals surface area (Å²) in [6, 6.07) is 15.6. The zero-order valence-corrected chi connectivity index (χ0v) is 17.6. The zero-order chi connectivity index (χ0) is 20.4. The lowest BCUT2D eigenvalue weighted by atomic mass is 10.1. The fourth-order valence-electron chi connectivity index (χ4n) is 3.08. The molecule has 4 aromatic rings. The van der Waals surface area contributed by atoms with E-state index in [9.17, 15) is 9.59 Å². The number of anilines is 1. The van der Waals surface area contributed by atoms with Gasteiger partial charge in [-0.05, 0) is 36.9 Å². The molecule has 29 heavy (non-hydrogen) atoms. The number of amides is 1. The van der Waals surface area contributed by atoms with E-state index in [0.717, 1.165) is 21.6 Å². The number of rotatable bonds is 5. The van der Waals surface area contributed by atoms with E-state index in [-0.39, 0.29) is 18.0 Å². The number of carbonyl (C=O) groups is 1. The summed E-state index contributed by atoms with van der Waals surface area (Å²) in [6.45, 7) is 1.94. The fourth-order valence-corrected chi connectivity index (χ4v) is 4.45. The second-order valence-electron chi connectivity index (χ2n) is 6.65. The summed E-state index contributed by atoms with van der Waals surface area (Å²) < 4.78 is 1.36. The van der Waals surface area contributed by atoms with Gasteiger partial charge in [0, 0.05) is 21.5 Å². The maximum Gasteiger partial charge on any atom is 0.263 e. The molecule has 0 radical (unpaired) electrons. The zero-order valence-electron chi connectivity index (χ0n) is 16.0. The third kappa shape index (κ3) is 4.11. The summed E-state index contributed by atoms with van der Waals surface area (Å²) >= 11 is 3.04. The van der Waals surface area contributed by atoms with Crippen LogP contribution in [-0.2, 0) is 11.3 Å². The van der Waals surface area contributed by atoms with Gasteiger partial charge < -0.3 is 5.32 Å². The Kier molecular flexibility index (Phi) is 5.51. The van der Waals surface area contributed by atoms with Gasteiger partial charge in [0.15, 0.2) is 0 Å². The Balaban J connectivity index is 1.63. The Hall–Kier alpha value is -2.90. The van der Waals surface area contributed by atoms with Crippen LogP contribution >= 0.6 is 23.1 Å². The van der Waals surface area contributed by atoms with E-state index in [0.29, 0.717) is 15.9 Å². The number of hydrogen-bond donors (Lipinski definition) is 1. The van der Waals surface area contributed by atoms with Crippen LogP contribution in [0.4, 0.5) is 5.69 Å². The third-order valence-electron chi connectivity index (χ3n) is 4.59. The van der Waals surface area contributed by atoms with Crippen molar-refractivity contribution < 1.29 is 4.79 Å². The van der Waals surface area contributed by atoms with Crippen LogP contribution in [0.3, 0.4) is 0 Å². The number of thiophene rings is 1. The minimum atomic E-state index is -0.265. The van der Waals surface area contributed by atoms with Gasteiger partial charge in [0.25, 0.3) is 5.56 Å². The summed E-state index contributed by atoms with van der Waals surface area (Å²) in [5, 5.41) is 5.35. The molecule has 1 amide bonds. The number of aryl methyl sites for hydroxylation is 1. The number of aromatic nitrogens is 2. The Labute approximate surface area is 176 Å². The van der Waals surface area contributed by atoms with Gasteiger partial charge in [0.05, 0.1) is 11.7 Å². The summed E-state index contributed by atoms with van der Waals surface area (Å²) in [4.78, 5) is 31.7. The van der Waals surface area contributed by atoms with E-state index in [2.05, 4.69) is 10.3 Å². The first-order chi connectivity index (χ1) is 14.0. The standard InChI is InChI=1S/C22H19N3O2S2/c1-14-6-8-15(9-7-14)18-12-29-21-20(18)22(27)25(13-23-21)11-19(26)24-16-4-3-5-17(10-16)28-2/h3-10,12-13H,11H2,1-2H3,(H,24,26). The van der Waals surface area contributed by atoms with Gasteiger partial charge in [0.1, 0.15) is 11.4 Å². The van der Waals surface area contributed by atoms with Crippen LogP contribution in [0.1, 0.15) is 5.56 Å². The molecule has 146 valence electrons. The number of carbonyl (C=O) groups excluding carboxylic acids is 1. The molecular formula is C22H19N3O2S2. The molecule has 5 nitrogen and oxygen atoms in total. The van der Waals surface area contributed by atoms with Gasteiger partial charge in [-0.25, -0.2) is 4.98 Å². The lowest BCUT2D eigenvalue weighted by Gasteiger charge is -2.09. The van der Waals surface area contributed by atoms with Gasteiger partial charge >= 0.3 is 0 Å². The van der Waals surface area contributed by atoms with Gasteiger partial charge in [0.2, 0.25) is 5.91 Å². The van der Waals surface area contributed by atoms with Crippen molar-refractivity contribution in [2.45, 2.75) is 18.4 Å². The Morgan fingerprint density at radius 3 is 2.76 bits per heavy atom. The molecule has 2 aromatic carbocycles. The van der Waals surface area contributed by atoms with Crippen molar-refractivity contribution in [3.63, 3.8) is 0 Å². The Morgan fingerprint density at radius 2 is 2.00 bits per heavy atom. The number of hydrogen-bond acceptors (Lipinski definition) is 5. The smallest absolute Gasteiger partial charge is 0.263 e. The number of benzene rings is 2. The van der Waals surface area contributed by atoms with Crippen LogP contribution in [0.15, 0.2) is 69.9 Å². The molecule has 0 spiro atoms. The van der Waals surface area contributed by atoms with E-state index in [4.69, 9.17) is 0 Å². The lowest BCUT2D eigenvalue weighted by molar-refractivity contribution is -0.116. The molecule has 2 aromatic heterocycles. The molecule has 2 heterocycles. The molecule has 0 atom stereocenters. The molecule has 0 aliphatic heterocycles. The molecule has 0 aliphatic carbocycles. The van der Waals surface area contributed by atoms with Crippen LogP contribution in [0.25, 0.3) is 21.3 Å². The predicted octanol–water partition coefficient (Wildman–Crippen LogP) is 4.79. The number of nitrogens with zero attached hydrogens (tertiary/aromatic N) is 2. The monoisotopic (exact) mass is 421 g/mol. The molecule has 0 unspecified atom stereocenters. The first-order valence-electron chi connectivity index (χ1n) is 9.03. The molecular weight excluding hydrogens is 402 g/mol. The quantitative estimate of drug-likeness (QED) is 0.471. The highest BCUT2D eigenvalue weighted by Crippen LogP contribution is 2.30. The topological polar surface area (TPSA) is 64.0 Å². The minimum Gasteiger partial charge on any atom is -0.324 e. The van der Waals surface area contributed by atoms with E-state index in [1.54, 1.807) is 11.8 Å². The molecule has 0 saturated heterocycles. The van der Waals surface area contributed by atoms with E-state index >= 15 is 0 Å². The second-order valence-corrected chi connectivity index (χ2v) is 8.39. The van der Waals surface area contributed by atoms with E-state index in [1.165, 1.54) is 22.2 Å². The van der Waals surface area contributed by atoms with E-state index < -0.39 is 0 Å². The average molecular weight is 422 g/mol.